The van der Waals surface area contributed by atoms with Crippen LogP contribution in [0, 0.1) is 0 Å². The molecule has 202 valence electrons. The lowest BCUT2D eigenvalue weighted by atomic mass is 10.1. The lowest BCUT2D eigenvalue weighted by molar-refractivity contribution is -0.207. The third kappa shape index (κ3) is 6.38. The molecule has 3 N–H and O–H groups in total. The van der Waals surface area contributed by atoms with Crippen molar-refractivity contribution in [2.24, 2.45) is 0 Å². The average Bonchev–Trinajstić information content (AvgIpc) is 3.43. The van der Waals surface area contributed by atoms with Crippen molar-refractivity contribution >= 4 is 17.3 Å². The normalized spacial score (nSPS) is 13.1. The number of nitrogens with one attached hydrogen (secondary N) is 1. The summed E-state index contributed by atoms with van der Waals surface area (Å²) in [5.41, 5.74) is -0.399. The smallest absolute Gasteiger partial charge is 0.389 e. The number of hydrogen-bond donors (Lipinski definition) is 3. The second-order valence-corrected chi connectivity index (χ2v) is 9.54. The average molecular weight is 553 g/mol. The summed E-state index contributed by atoms with van der Waals surface area (Å²) in [6.07, 6.45) is -3.23. The minimum Gasteiger partial charge on any atom is -0.389 e. The van der Waals surface area contributed by atoms with Crippen LogP contribution in [0.15, 0.2) is 53.8 Å². The lowest BCUT2D eigenvalue weighted by Crippen LogP contribution is -2.37. The van der Waals surface area contributed by atoms with E-state index >= 15 is 0 Å². The van der Waals surface area contributed by atoms with E-state index in [2.05, 4.69) is 25.5 Å². The molecule has 0 radical (unpaired) electrons. The summed E-state index contributed by atoms with van der Waals surface area (Å²) in [4.78, 5) is 21.3. The zero-order valence-electron chi connectivity index (χ0n) is 20.3. The Kier molecular flexibility index (Phi) is 7.58. The van der Waals surface area contributed by atoms with Gasteiger partial charge in [0.05, 0.1) is 24.0 Å². The first-order valence-electron chi connectivity index (χ1n) is 11.3. The van der Waals surface area contributed by atoms with Crippen molar-refractivity contribution in [1.82, 2.24) is 34.1 Å². The maximum absolute atomic E-state index is 13.1. The molecule has 1 aromatic carbocycles. The first-order valence-corrected chi connectivity index (χ1v) is 11.7. The van der Waals surface area contributed by atoms with E-state index in [9.17, 15) is 28.2 Å². The van der Waals surface area contributed by atoms with E-state index in [1.807, 2.05) is 0 Å². The van der Waals surface area contributed by atoms with E-state index in [-0.39, 0.29) is 24.7 Å². The number of hydrogen-bond acceptors (Lipinski definition) is 8. The van der Waals surface area contributed by atoms with E-state index in [0.717, 1.165) is 9.25 Å². The van der Waals surface area contributed by atoms with Crippen LogP contribution in [0.3, 0.4) is 0 Å². The summed E-state index contributed by atoms with van der Waals surface area (Å²) in [5, 5.41) is 31.7. The Morgan fingerprint density at radius 1 is 1.13 bits per heavy atom. The molecule has 0 spiro atoms. The molecule has 3 aromatic heterocycles. The molecule has 4 rings (SSSR count). The Balaban J connectivity index is 1.65. The minimum atomic E-state index is -4.93. The molecule has 0 aliphatic rings. The molecule has 15 heteroatoms. The van der Waals surface area contributed by atoms with Gasteiger partial charge in [-0.15, -0.1) is 10.2 Å². The molecule has 0 aliphatic carbocycles. The van der Waals surface area contributed by atoms with Gasteiger partial charge in [-0.25, -0.2) is 19.1 Å². The van der Waals surface area contributed by atoms with E-state index in [1.165, 1.54) is 41.5 Å². The zero-order valence-corrected chi connectivity index (χ0v) is 21.0. The summed E-state index contributed by atoms with van der Waals surface area (Å²) in [6.45, 7) is 2.24. The molecule has 4 aromatic rings. The number of pyridine rings is 1. The summed E-state index contributed by atoms with van der Waals surface area (Å²) in [5.74, 6) is 0.0628. The predicted octanol–water partition coefficient (Wildman–Crippen LogP) is 2.50. The van der Waals surface area contributed by atoms with Crippen LogP contribution in [0.2, 0.25) is 5.02 Å². The SMILES string of the molecule is CC(C)(O)CNc1ccncc1-n1cnc(Cn2nc(-c3ccc(Cl)cc3)n(C[C@H](O)C(F)(F)F)c2=O)n1. The molecular formula is C23H24ClF3N8O3. The number of alkyl halides is 3. The van der Waals surface area contributed by atoms with E-state index < -0.39 is 30.1 Å². The number of rotatable bonds is 9. The third-order valence-electron chi connectivity index (χ3n) is 5.35. The summed E-state index contributed by atoms with van der Waals surface area (Å²) >= 11 is 5.91. The fourth-order valence-corrected chi connectivity index (χ4v) is 3.57. The first-order chi connectivity index (χ1) is 17.8. The van der Waals surface area contributed by atoms with Gasteiger partial charge in [0, 0.05) is 23.3 Å². The Hall–Kier alpha value is -3.75. The third-order valence-corrected chi connectivity index (χ3v) is 5.60. The fourth-order valence-electron chi connectivity index (χ4n) is 3.45. The number of aromatic nitrogens is 7. The molecule has 0 unspecified atom stereocenters. The first kappa shape index (κ1) is 27.3. The van der Waals surface area contributed by atoms with Crippen LogP contribution >= 0.6 is 11.6 Å². The summed E-state index contributed by atoms with van der Waals surface area (Å²) in [7, 11) is 0. The van der Waals surface area contributed by atoms with Crippen LogP contribution in [0.1, 0.15) is 19.7 Å². The predicted molar refractivity (Wildman–Crippen MR) is 132 cm³/mol. The molecule has 3 heterocycles. The van der Waals surface area contributed by atoms with Crippen LogP contribution in [0.5, 0.6) is 0 Å². The molecule has 0 saturated heterocycles. The van der Waals surface area contributed by atoms with E-state index in [0.29, 0.717) is 22.0 Å². The van der Waals surface area contributed by atoms with E-state index in [4.69, 9.17) is 11.6 Å². The van der Waals surface area contributed by atoms with Crippen molar-refractivity contribution in [2.75, 3.05) is 11.9 Å². The maximum atomic E-state index is 13.1. The second kappa shape index (κ2) is 10.6. The van der Waals surface area contributed by atoms with Gasteiger partial charge in [-0.05, 0) is 44.2 Å². The van der Waals surface area contributed by atoms with Gasteiger partial charge in [0.1, 0.15) is 18.6 Å². The van der Waals surface area contributed by atoms with Crippen molar-refractivity contribution in [3.8, 4) is 17.1 Å². The Morgan fingerprint density at radius 3 is 2.50 bits per heavy atom. The highest BCUT2D eigenvalue weighted by Gasteiger charge is 2.39. The lowest BCUT2D eigenvalue weighted by Gasteiger charge is -2.19. The van der Waals surface area contributed by atoms with Crippen molar-refractivity contribution in [1.29, 1.82) is 0 Å². The van der Waals surface area contributed by atoms with Crippen molar-refractivity contribution < 1.29 is 23.4 Å². The molecule has 38 heavy (non-hydrogen) atoms. The highest BCUT2D eigenvalue weighted by Crippen LogP contribution is 2.24. The van der Waals surface area contributed by atoms with Gasteiger partial charge in [0.25, 0.3) is 0 Å². The van der Waals surface area contributed by atoms with Crippen molar-refractivity contribution in [2.45, 2.75) is 44.8 Å². The zero-order chi connectivity index (χ0) is 27.7. The van der Waals surface area contributed by atoms with Gasteiger partial charge in [-0.1, -0.05) is 11.6 Å². The topological polar surface area (TPSA) is 136 Å². The second-order valence-electron chi connectivity index (χ2n) is 9.10. The largest absolute Gasteiger partial charge is 0.416 e. The van der Waals surface area contributed by atoms with Gasteiger partial charge in [-0.3, -0.25) is 9.55 Å². The highest BCUT2D eigenvalue weighted by molar-refractivity contribution is 6.30. The monoisotopic (exact) mass is 552 g/mol. The van der Waals surface area contributed by atoms with Crippen LogP contribution in [-0.2, 0) is 13.1 Å². The van der Waals surface area contributed by atoms with Crippen LogP contribution in [0.25, 0.3) is 17.1 Å². The molecule has 0 aliphatic heterocycles. The van der Waals surface area contributed by atoms with Gasteiger partial charge >= 0.3 is 11.9 Å². The van der Waals surface area contributed by atoms with Crippen molar-refractivity contribution in [3.63, 3.8) is 0 Å². The molecule has 11 nitrogen and oxygen atoms in total. The van der Waals surface area contributed by atoms with Gasteiger partial charge in [0.15, 0.2) is 17.8 Å². The number of aliphatic hydroxyl groups excluding tert-OH is 1. The Morgan fingerprint density at radius 2 is 1.84 bits per heavy atom. The Labute approximate surface area is 219 Å². The number of anilines is 1. The van der Waals surface area contributed by atoms with E-state index in [1.54, 1.807) is 26.1 Å². The van der Waals surface area contributed by atoms with Crippen molar-refractivity contribution in [3.05, 3.63) is 70.4 Å². The highest BCUT2D eigenvalue weighted by atomic mass is 35.5. The molecule has 1 atom stereocenters. The molecule has 0 fully saturated rings. The number of aliphatic hydroxyl groups is 2. The summed E-state index contributed by atoms with van der Waals surface area (Å²) in [6, 6.07) is 7.71. The molecular weight excluding hydrogens is 529 g/mol. The molecule has 0 amide bonds. The van der Waals surface area contributed by atoms with Crippen LogP contribution in [0.4, 0.5) is 18.9 Å². The quantitative estimate of drug-likeness (QED) is 0.288. The molecule has 0 saturated carbocycles. The number of benzene rings is 1. The summed E-state index contributed by atoms with van der Waals surface area (Å²) < 4.78 is 42.3. The number of nitrogens with zero attached hydrogens (tertiary/aromatic N) is 7. The maximum Gasteiger partial charge on any atom is 0.416 e. The fraction of sp³-hybridized carbons (Fsp3) is 0.348. The van der Waals surface area contributed by atoms with Crippen LogP contribution < -0.4 is 11.0 Å². The van der Waals surface area contributed by atoms with Crippen LogP contribution in [-0.4, -0.2) is 68.7 Å². The van der Waals surface area contributed by atoms with Gasteiger partial charge in [0.2, 0.25) is 0 Å². The Bertz CT molecular complexity index is 1460. The standard InChI is InChI=1S/C23H24ClF3N8O3/c1-22(2,38)12-29-16-7-8-28-9-17(16)35-13-30-19(31-35)11-34-21(37)33(10-18(36)23(25,26)27)20(32-34)14-3-5-15(24)6-4-14/h3-9,13,18,36,38H,10-12H2,1-2H3,(H,28,29)/t18-/m0/s1. The minimum absolute atomic E-state index is 0.0836. The number of halogens is 4. The van der Waals surface area contributed by atoms with Gasteiger partial charge in [-0.2, -0.15) is 13.2 Å². The van der Waals surface area contributed by atoms with Gasteiger partial charge < -0.3 is 15.5 Å². The molecule has 0 bridgehead atoms.